The summed E-state index contributed by atoms with van der Waals surface area (Å²) in [6, 6.07) is 9.46. The third kappa shape index (κ3) is 3.54. The van der Waals surface area contributed by atoms with Gasteiger partial charge in [0.25, 0.3) is 0 Å². The number of methoxy groups -OCH3 is 1. The lowest BCUT2D eigenvalue weighted by Gasteiger charge is -2.38. The number of rotatable bonds is 6. The molecule has 2 fully saturated rings. The predicted octanol–water partition coefficient (Wildman–Crippen LogP) is 3.94. The summed E-state index contributed by atoms with van der Waals surface area (Å²) in [5.74, 6) is 0.989. The molecule has 0 aliphatic heterocycles. The Morgan fingerprint density at radius 3 is 2.70 bits per heavy atom. The maximum absolute atomic E-state index is 5.37. The van der Waals surface area contributed by atoms with E-state index in [2.05, 4.69) is 23.5 Å². The molecule has 0 unspecified atom stereocenters. The molecule has 2 nitrogen and oxygen atoms in total. The van der Waals surface area contributed by atoms with E-state index in [0.717, 1.165) is 11.8 Å². The lowest BCUT2D eigenvalue weighted by atomic mass is 9.70. The van der Waals surface area contributed by atoms with E-state index in [9.17, 15) is 0 Å². The highest BCUT2D eigenvalue weighted by molar-refractivity contribution is 5.29. The Hall–Kier alpha value is -1.02. The maximum Gasteiger partial charge on any atom is 0.119 e. The number of ether oxygens (including phenoxy) is 1. The third-order valence-corrected chi connectivity index (χ3v) is 4.97. The van der Waals surface area contributed by atoms with Gasteiger partial charge in [-0.15, -0.1) is 0 Å². The lowest BCUT2D eigenvalue weighted by molar-refractivity contribution is 0.180. The van der Waals surface area contributed by atoms with Crippen LogP contribution in [0.15, 0.2) is 24.3 Å². The van der Waals surface area contributed by atoms with Crippen LogP contribution in [0.3, 0.4) is 0 Å². The van der Waals surface area contributed by atoms with Gasteiger partial charge >= 0.3 is 0 Å². The second kappa shape index (κ2) is 6.17. The molecular weight excluding hydrogens is 246 g/mol. The van der Waals surface area contributed by atoms with Crippen molar-refractivity contribution < 1.29 is 4.74 Å². The standard InChI is InChI=1S/C18H27NO/c1-20-17-7-5-6-15(12-17)13-18(10-3-2-4-11-18)14-19-16-8-9-16/h5-7,12,16,19H,2-4,8-11,13-14H2,1H3. The van der Waals surface area contributed by atoms with E-state index in [-0.39, 0.29) is 0 Å². The molecule has 0 bridgehead atoms. The van der Waals surface area contributed by atoms with Crippen LogP contribution in [0, 0.1) is 5.41 Å². The van der Waals surface area contributed by atoms with Crippen LogP contribution >= 0.6 is 0 Å². The van der Waals surface area contributed by atoms with Gasteiger partial charge in [0.05, 0.1) is 7.11 Å². The van der Waals surface area contributed by atoms with E-state index in [0.29, 0.717) is 5.41 Å². The molecule has 110 valence electrons. The van der Waals surface area contributed by atoms with Crippen LogP contribution in [-0.2, 0) is 6.42 Å². The molecule has 20 heavy (non-hydrogen) atoms. The smallest absolute Gasteiger partial charge is 0.119 e. The van der Waals surface area contributed by atoms with E-state index in [4.69, 9.17) is 4.74 Å². The molecule has 0 atom stereocenters. The highest BCUT2D eigenvalue weighted by Crippen LogP contribution is 2.39. The van der Waals surface area contributed by atoms with Crippen LogP contribution in [0.5, 0.6) is 5.75 Å². The van der Waals surface area contributed by atoms with Crippen LogP contribution in [0.2, 0.25) is 0 Å². The molecule has 0 aromatic heterocycles. The van der Waals surface area contributed by atoms with Crippen molar-refractivity contribution in [3.8, 4) is 5.75 Å². The summed E-state index contributed by atoms with van der Waals surface area (Å²) in [4.78, 5) is 0. The summed E-state index contributed by atoms with van der Waals surface area (Å²) < 4.78 is 5.37. The van der Waals surface area contributed by atoms with Gasteiger partial charge in [-0.2, -0.15) is 0 Å². The van der Waals surface area contributed by atoms with Crippen LogP contribution in [0.25, 0.3) is 0 Å². The fourth-order valence-electron chi connectivity index (χ4n) is 3.58. The minimum absolute atomic E-state index is 0.479. The Kier molecular flexibility index (Phi) is 4.30. The SMILES string of the molecule is COc1cccc(CC2(CNC3CC3)CCCCC2)c1. The Morgan fingerprint density at radius 1 is 1.20 bits per heavy atom. The van der Waals surface area contributed by atoms with Crippen molar-refractivity contribution in [2.24, 2.45) is 5.41 Å². The quantitative estimate of drug-likeness (QED) is 0.847. The summed E-state index contributed by atoms with van der Waals surface area (Å²) in [6.07, 6.45) is 10.9. The van der Waals surface area contributed by atoms with E-state index in [1.165, 1.54) is 63.5 Å². The second-order valence-electron chi connectivity index (χ2n) is 6.74. The molecular formula is C18H27NO. The first-order valence-corrected chi connectivity index (χ1v) is 8.16. The molecule has 2 aliphatic rings. The minimum atomic E-state index is 0.479. The Morgan fingerprint density at radius 2 is 2.00 bits per heavy atom. The van der Waals surface area contributed by atoms with Gasteiger partial charge in [-0.25, -0.2) is 0 Å². The van der Waals surface area contributed by atoms with E-state index < -0.39 is 0 Å². The van der Waals surface area contributed by atoms with Gasteiger partial charge in [0, 0.05) is 12.6 Å². The van der Waals surface area contributed by atoms with Crippen molar-refractivity contribution in [1.29, 1.82) is 0 Å². The number of nitrogens with one attached hydrogen (secondary N) is 1. The van der Waals surface area contributed by atoms with E-state index >= 15 is 0 Å². The Balaban J connectivity index is 1.70. The zero-order valence-electron chi connectivity index (χ0n) is 12.7. The molecule has 0 spiro atoms. The number of hydrogen-bond donors (Lipinski definition) is 1. The first kappa shape index (κ1) is 13.9. The minimum Gasteiger partial charge on any atom is -0.497 e. The number of hydrogen-bond acceptors (Lipinski definition) is 2. The average molecular weight is 273 g/mol. The van der Waals surface area contributed by atoms with Crippen molar-refractivity contribution in [2.75, 3.05) is 13.7 Å². The Bertz CT molecular complexity index is 433. The molecule has 2 heteroatoms. The fraction of sp³-hybridized carbons (Fsp3) is 0.667. The summed E-state index contributed by atoms with van der Waals surface area (Å²) >= 11 is 0. The second-order valence-corrected chi connectivity index (χ2v) is 6.74. The fourth-order valence-corrected chi connectivity index (χ4v) is 3.58. The zero-order chi connectivity index (χ0) is 13.8. The molecule has 1 aromatic rings. The van der Waals surface area contributed by atoms with Gasteiger partial charge in [-0.3, -0.25) is 0 Å². The van der Waals surface area contributed by atoms with E-state index in [1.54, 1.807) is 7.11 Å². The summed E-state index contributed by atoms with van der Waals surface area (Å²) in [5, 5.41) is 3.78. The molecule has 0 heterocycles. The molecule has 3 rings (SSSR count). The van der Waals surface area contributed by atoms with Crippen molar-refractivity contribution in [2.45, 2.75) is 57.4 Å². The van der Waals surface area contributed by atoms with Crippen LogP contribution in [0.4, 0.5) is 0 Å². The first-order chi connectivity index (χ1) is 9.80. The van der Waals surface area contributed by atoms with Crippen LogP contribution in [0.1, 0.15) is 50.5 Å². The average Bonchev–Trinajstić information content (AvgIpc) is 3.31. The molecule has 2 aliphatic carbocycles. The van der Waals surface area contributed by atoms with Gasteiger partial charge in [-0.05, 0) is 55.2 Å². The van der Waals surface area contributed by atoms with Gasteiger partial charge in [-0.1, -0.05) is 31.4 Å². The van der Waals surface area contributed by atoms with Gasteiger partial charge in [0.2, 0.25) is 0 Å². The highest BCUT2D eigenvalue weighted by Gasteiger charge is 2.34. The molecule has 0 saturated heterocycles. The van der Waals surface area contributed by atoms with Crippen molar-refractivity contribution in [3.63, 3.8) is 0 Å². The molecule has 2 saturated carbocycles. The lowest BCUT2D eigenvalue weighted by Crippen LogP contribution is -2.38. The van der Waals surface area contributed by atoms with Gasteiger partial charge in [0.15, 0.2) is 0 Å². The van der Waals surface area contributed by atoms with Crippen molar-refractivity contribution in [3.05, 3.63) is 29.8 Å². The van der Waals surface area contributed by atoms with Crippen molar-refractivity contribution >= 4 is 0 Å². The predicted molar refractivity (Wildman–Crippen MR) is 83.2 cm³/mol. The first-order valence-electron chi connectivity index (χ1n) is 8.16. The van der Waals surface area contributed by atoms with Gasteiger partial charge < -0.3 is 10.1 Å². The monoisotopic (exact) mass is 273 g/mol. The summed E-state index contributed by atoms with van der Waals surface area (Å²) in [5.41, 5.74) is 1.91. The summed E-state index contributed by atoms with van der Waals surface area (Å²) in [6.45, 7) is 1.20. The topological polar surface area (TPSA) is 21.3 Å². The molecule has 1 N–H and O–H groups in total. The zero-order valence-corrected chi connectivity index (χ0v) is 12.7. The highest BCUT2D eigenvalue weighted by atomic mass is 16.5. The summed E-state index contributed by atoms with van der Waals surface area (Å²) in [7, 11) is 1.75. The Labute approximate surface area is 122 Å². The third-order valence-electron chi connectivity index (χ3n) is 4.97. The van der Waals surface area contributed by atoms with Crippen LogP contribution < -0.4 is 10.1 Å². The number of benzene rings is 1. The molecule has 0 amide bonds. The maximum atomic E-state index is 5.37. The van der Waals surface area contributed by atoms with Crippen LogP contribution in [-0.4, -0.2) is 19.7 Å². The van der Waals surface area contributed by atoms with Crippen molar-refractivity contribution in [1.82, 2.24) is 5.32 Å². The molecule has 0 radical (unpaired) electrons. The van der Waals surface area contributed by atoms with E-state index in [1.807, 2.05) is 6.07 Å². The normalized spacial score (nSPS) is 21.6. The van der Waals surface area contributed by atoms with Gasteiger partial charge in [0.1, 0.15) is 5.75 Å². The molecule has 1 aromatic carbocycles. The largest absolute Gasteiger partial charge is 0.497 e.